The monoisotopic (exact) mass is 617 g/mol. The minimum atomic E-state index is -4.09. The average Bonchev–Trinajstić information content (AvgIpc) is 2.88. The Bertz CT molecular complexity index is 1450. The first-order chi connectivity index (χ1) is 18.0. The molecule has 1 amide bonds. The van der Waals surface area contributed by atoms with Crippen LogP contribution in [0.4, 0.5) is 0 Å². The summed E-state index contributed by atoms with van der Waals surface area (Å²) in [6.07, 6.45) is 0.799. The smallest absolute Gasteiger partial charge is 0.265 e. The normalized spacial score (nSPS) is 24.0. The number of rotatable bonds is 6. The Morgan fingerprint density at radius 1 is 1.08 bits per heavy atom. The maximum atomic E-state index is 13.7. The largest absolute Gasteiger partial charge is 0.487 e. The Kier molecular flexibility index (Phi) is 7.61. The molecular formula is C29H29BrClNO5S. The van der Waals surface area contributed by atoms with E-state index in [1.807, 2.05) is 56.3 Å². The lowest BCUT2D eigenvalue weighted by molar-refractivity contribution is -0.179. The van der Waals surface area contributed by atoms with Gasteiger partial charge in [0, 0.05) is 21.0 Å². The van der Waals surface area contributed by atoms with Gasteiger partial charge < -0.3 is 9.47 Å². The van der Waals surface area contributed by atoms with Crippen molar-refractivity contribution in [2.45, 2.75) is 55.8 Å². The van der Waals surface area contributed by atoms with Crippen LogP contribution in [0, 0.1) is 11.8 Å². The van der Waals surface area contributed by atoms with E-state index in [-0.39, 0.29) is 16.9 Å². The molecule has 2 heterocycles. The minimum absolute atomic E-state index is 0.00805. The fourth-order valence-electron chi connectivity index (χ4n) is 5.48. The van der Waals surface area contributed by atoms with Crippen molar-refractivity contribution < 1.29 is 22.7 Å². The number of hydrogen-bond donors (Lipinski definition) is 1. The highest BCUT2D eigenvalue weighted by molar-refractivity contribution is 9.10. The maximum absolute atomic E-state index is 13.7. The van der Waals surface area contributed by atoms with E-state index < -0.39 is 33.6 Å². The van der Waals surface area contributed by atoms with E-state index in [0.29, 0.717) is 34.5 Å². The van der Waals surface area contributed by atoms with Gasteiger partial charge in [0.1, 0.15) is 16.2 Å². The van der Waals surface area contributed by atoms with Gasteiger partial charge in [0.15, 0.2) is 0 Å². The van der Waals surface area contributed by atoms with Crippen molar-refractivity contribution in [2.24, 2.45) is 11.8 Å². The Balaban J connectivity index is 1.47. The number of nitrogens with one attached hydrogen (secondary N) is 1. The van der Waals surface area contributed by atoms with Gasteiger partial charge in [-0.15, -0.1) is 0 Å². The van der Waals surface area contributed by atoms with Crippen LogP contribution in [-0.2, 0) is 26.0 Å². The van der Waals surface area contributed by atoms with E-state index in [1.165, 1.54) is 6.07 Å². The predicted octanol–water partition coefficient (Wildman–Crippen LogP) is 6.47. The third-order valence-corrected chi connectivity index (χ3v) is 10.0. The van der Waals surface area contributed by atoms with Crippen molar-refractivity contribution in [2.75, 3.05) is 0 Å². The zero-order valence-corrected chi connectivity index (χ0v) is 24.2. The van der Waals surface area contributed by atoms with E-state index in [4.69, 9.17) is 21.1 Å². The van der Waals surface area contributed by atoms with Crippen LogP contribution in [0.1, 0.15) is 43.9 Å². The third kappa shape index (κ3) is 5.50. The lowest BCUT2D eigenvalue weighted by atomic mass is 9.71. The number of aryl methyl sites for hydroxylation is 1. The van der Waals surface area contributed by atoms with Gasteiger partial charge in [0.25, 0.3) is 10.0 Å². The second-order valence-electron chi connectivity index (χ2n) is 10.4. The van der Waals surface area contributed by atoms with Crippen molar-refractivity contribution >= 4 is 43.5 Å². The Hall–Kier alpha value is -2.39. The Morgan fingerprint density at radius 3 is 2.53 bits per heavy atom. The van der Waals surface area contributed by atoms with Gasteiger partial charge in [-0.2, -0.15) is 0 Å². The molecule has 38 heavy (non-hydrogen) atoms. The van der Waals surface area contributed by atoms with Gasteiger partial charge in [-0.25, -0.2) is 13.1 Å². The summed E-state index contributed by atoms with van der Waals surface area (Å²) < 4.78 is 42.1. The summed E-state index contributed by atoms with van der Waals surface area (Å²) in [6.45, 7) is 3.95. The van der Waals surface area contributed by atoms with Crippen molar-refractivity contribution in [1.82, 2.24) is 4.72 Å². The number of hydrogen-bond acceptors (Lipinski definition) is 5. The highest BCUT2D eigenvalue weighted by Gasteiger charge is 2.52. The molecule has 0 bridgehead atoms. The topological polar surface area (TPSA) is 81.7 Å². The summed E-state index contributed by atoms with van der Waals surface area (Å²) in [6, 6.07) is 21.9. The molecule has 9 heteroatoms. The molecule has 0 radical (unpaired) electrons. The summed E-state index contributed by atoms with van der Waals surface area (Å²) in [5.74, 6) is -0.754. The number of carbonyl (C=O) groups excluding carboxylic acids is 1. The molecule has 2 aliphatic heterocycles. The molecule has 0 aromatic heterocycles. The van der Waals surface area contributed by atoms with Crippen LogP contribution in [0.5, 0.6) is 5.75 Å². The summed E-state index contributed by atoms with van der Waals surface area (Å²) in [5.41, 5.74) is 1.33. The molecule has 1 saturated heterocycles. The second kappa shape index (κ2) is 10.6. The highest BCUT2D eigenvalue weighted by atomic mass is 79.9. The van der Waals surface area contributed by atoms with Crippen LogP contribution in [0.15, 0.2) is 82.2 Å². The van der Waals surface area contributed by atoms with Crippen LogP contribution in [0.2, 0.25) is 5.02 Å². The van der Waals surface area contributed by atoms with E-state index in [9.17, 15) is 13.2 Å². The summed E-state index contributed by atoms with van der Waals surface area (Å²) in [4.78, 5) is 13.7. The molecule has 3 aromatic carbocycles. The van der Waals surface area contributed by atoms with Gasteiger partial charge in [-0.3, -0.25) is 4.79 Å². The Morgan fingerprint density at radius 2 is 1.79 bits per heavy atom. The average molecular weight is 619 g/mol. The van der Waals surface area contributed by atoms with Crippen LogP contribution in [-0.4, -0.2) is 26.0 Å². The fourth-order valence-corrected chi connectivity index (χ4v) is 7.70. The van der Waals surface area contributed by atoms with Crippen LogP contribution >= 0.6 is 27.5 Å². The van der Waals surface area contributed by atoms with E-state index in [0.717, 1.165) is 11.1 Å². The summed E-state index contributed by atoms with van der Waals surface area (Å²) in [7, 11) is -4.09. The molecule has 0 spiro atoms. The SMILES string of the molecule is CC1(C)Oc2ccc(Cl)cc2[C@H]2O[C@@H](CCc3ccccc3)[C@H](C(=O)NS(=O)(=O)c3ccccc3Br)C[C@@H]21. The first-order valence-electron chi connectivity index (χ1n) is 12.5. The molecule has 5 rings (SSSR count). The fraction of sp³-hybridized carbons (Fsp3) is 0.345. The van der Waals surface area contributed by atoms with Gasteiger partial charge >= 0.3 is 0 Å². The van der Waals surface area contributed by atoms with Gasteiger partial charge in [0.2, 0.25) is 5.91 Å². The first-order valence-corrected chi connectivity index (χ1v) is 15.2. The molecule has 1 fully saturated rings. The standard InChI is InChI=1S/C29H29BrClNO5S/c1-29(2)22-17-21(28(33)32-38(34,35)26-11-7-6-10-23(26)30)24(14-12-18-8-4-3-5-9-18)36-27(22)20-16-19(31)13-15-25(20)37-29/h3-11,13,15-16,21-22,24,27H,12,14,17H2,1-2H3,(H,32,33)/t21-,22+,24+,27-/m1/s1. The maximum Gasteiger partial charge on any atom is 0.265 e. The van der Waals surface area contributed by atoms with Gasteiger partial charge in [0.05, 0.1) is 18.1 Å². The number of sulfonamides is 1. The van der Waals surface area contributed by atoms with E-state index in [1.54, 1.807) is 24.3 Å². The lowest BCUT2D eigenvalue weighted by Crippen LogP contribution is -2.54. The number of benzene rings is 3. The van der Waals surface area contributed by atoms with E-state index >= 15 is 0 Å². The molecule has 4 atom stereocenters. The number of ether oxygens (including phenoxy) is 2. The lowest BCUT2D eigenvalue weighted by Gasteiger charge is -2.50. The van der Waals surface area contributed by atoms with Crippen molar-refractivity contribution in [1.29, 1.82) is 0 Å². The molecule has 2 aliphatic rings. The van der Waals surface area contributed by atoms with Crippen molar-refractivity contribution in [3.63, 3.8) is 0 Å². The molecular weight excluding hydrogens is 590 g/mol. The number of carbonyl (C=O) groups is 1. The first kappa shape index (κ1) is 27.2. The third-order valence-electron chi connectivity index (χ3n) is 7.45. The molecule has 0 unspecified atom stereocenters. The summed E-state index contributed by atoms with van der Waals surface area (Å²) in [5, 5.41) is 0.578. The van der Waals surface area contributed by atoms with Gasteiger partial charge in [-0.1, -0.05) is 54.1 Å². The number of halogens is 2. The molecule has 0 aliphatic carbocycles. The van der Waals surface area contributed by atoms with Crippen LogP contribution in [0.25, 0.3) is 0 Å². The number of fused-ring (bicyclic) bond motifs is 3. The number of amides is 1. The second-order valence-corrected chi connectivity index (χ2v) is 13.3. The zero-order chi connectivity index (χ0) is 27.1. The van der Waals surface area contributed by atoms with Crippen molar-refractivity contribution in [3.05, 3.63) is 93.4 Å². The van der Waals surface area contributed by atoms with Crippen LogP contribution in [0.3, 0.4) is 0 Å². The zero-order valence-electron chi connectivity index (χ0n) is 21.1. The molecule has 3 aromatic rings. The van der Waals surface area contributed by atoms with Crippen molar-refractivity contribution in [3.8, 4) is 5.75 Å². The molecule has 0 saturated carbocycles. The van der Waals surface area contributed by atoms with E-state index in [2.05, 4.69) is 20.7 Å². The molecule has 6 nitrogen and oxygen atoms in total. The Labute approximate surface area is 236 Å². The molecule has 1 N–H and O–H groups in total. The highest BCUT2D eigenvalue weighted by Crippen LogP contribution is 2.53. The van der Waals surface area contributed by atoms with Gasteiger partial charge in [-0.05, 0) is 84.9 Å². The summed E-state index contributed by atoms with van der Waals surface area (Å²) >= 11 is 9.61. The molecule has 200 valence electrons. The quantitative estimate of drug-likeness (QED) is 0.342. The predicted molar refractivity (Wildman–Crippen MR) is 150 cm³/mol. The minimum Gasteiger partial charge on any atom is -0.487 e. The van der Waals surface area contributed by atoms with Crippen LogP contribution < -0.4 is 9.46 Å².